The Labute approximate surface area is 122 Å². The first-order valence-electron chi connectivity index (χ1n) is 6.25. The van der Waals surface area contributed by atoms with Crippen LogP contribution in [-0.4, -0.2) is 29.8 Å². The molecule has 0 radical (unpaired) electrons. The summed E-state index contributed by atoms with van der Waals surface area (Å²) in [7, 11) is 0. The van der Waals surface area contributed by atoms with Crippen LogP contribution in [0.4, 0.5) is 0 Å². The zero-order valence-corrected chi connectivity index (χ0v) is 13.0. The Bertz CT molecular complexity index is 435. The number of ether oxygens (including phenoxy) is 1. The van der Waals surface area contributed by atoms with Crippen LogP contribution in [-0.2, 0) is 4.79 Å². The van der Waals surface area contributed by atoms with Crippen molar-refractivity contribution in [2.75, 3.05) is 6.61 Å². The number of aryl methyl sites for hydroxylation is 1. The lowest BCUT2D eigenvalue weighted by molar-refractivity contribution is -0.123. The van der Waals surface area contributed by atoms with Gasteiger partial charge in [-0.1, -0.05) is 6.07 Å². The second-order valence-electron chi connectivity index (χ2n) is 4.78. The highest BCUT2D eigenvalue weighted by Gasteiger charge is 2.11. The molecular formula is C14H20BrNO3. The van der Waals surface area contributed by atoms with Gasteiger partial charge in [0.2, 0.25) is 0 Å². The summed E-state index contributed by atoms with van der Waals surface area (Å²) in [4.78, 5) is 11.7. The van der Waals surface area contributed by atoms with Crippen LogP contribution in [0, 0.1) is 6.92 Å². The van der Waals surface area contributed by atoms with Crippen LogP contribution >= 0.6 is 15.9 Å². The summed E-state index contributed by atoms with van der Waals surface area (Å²) in [6.07, 6.45) is 0.0995. The van der Waals surface area contributed by atoms with Gasteiger partial charge >= 0.3 is 0 Å². The number of aliphatic hydroxyl groups is 1. The van der Waals surface area contributed by atoms with Crippen LogP contribution < -0.4 is 10.1 Å². The molecule has 1 amide bonds. The monoisotopic (exact) mass is 329 g/mol. The molecular weight excluding hydrogens is 310 g/mol. The zero-order valence-electron chi connectivity index (χ0n) is 11.4. The van der Waals surface area contributed by atoms with Gasteiger partial charge in [-0.15, -0.1) is 0 Å². The summed E-state index contributed by atoms with van der Waals surface area (Å²) >= 11 is 3.39. The normalized spacial score (nSPS) is 13.7. The molecule has 19 heavy (non-hydrogen) atoms. The predicted octanol–water partition coefficient (Wildman–Crippen LogP) is 2.41. The van der Waals surface area contributed by atoms with Gasteiger partial charge in [0.05, 0.1) is 10.6 Å². The fourth-order valence-electron chi connectivity index (χ4n) is 1.75. The average Bonchev–Trinajstić information content (AvgIpc) is 2.26. The second-order valence-corrected chi connectivity index (χ2v) is 5.63. The molecule has 0 saturated heterocycles. The average molecular weight is 330 g/mol. The molecule has 0 fully saturated rings. The Hall–Kier alpha value is -1.07. The quantitative estimate of drug-likeness (QED) is 0.842. The Morgan fingerprint density at radius 2 is 2.16 bits per heavy atom. The van der Waals surface area contributed by atoms with Gasteiger partial charge in [0.15, 0.2) is 6.61 Å². The van der Waals surface area contributed by atoms with E-state index in [1.165, 1.54) is 0 Å². The van der Waals surface area contributed by atoms with E-state index in [0.717, 1.165) is 10.0 Å². The molecule has 2 atom stereocenters. The van der Waals surface area contributed by atoms with E-state index < -0.39 is 6.10 Å². The molecule has 0 heterocycles. The minimum atomic E-state index is -0.428. The van der Waals surface area contributed by atoms with Crippen molar-refractivity contribution >= 4 is 21.8 Å². The first-order chi connectivity index (χ1) is 8.88. The Kier molecular flexibility index (Phi) is 6.31. The van der Waals surface area contributed by atoms with Crippen molar-refractivity contribution in [3.05, 3.63) is 28.2 Å². The number of hydrogen-bond donors (Lipinski definition) is 2. The maximum absolute atomic E-state index is 11.7. The predicted molar refractivity (Wildman–Crippen MR) is 78.3 cm³/mol. The third-order valence-corrected chi connectivity index (χ3v) is 3.17. The maximum Gasteiger partial charge on any atom is 0.258 e. The standard InChI is InChI=1S/C14H20BrNO3/c1-9-4-5-13(12(15)6-9)19-8-14(18)16-10(2)7-11(3)17/h4-6,10-11,17H,7-8H2,1-3H3,(H,16,18). The van der Waals surface area contributed by atoms with E-state index in [2.05, 4.69) is 21.2 Å². The van der Waals surface area contributed by atoms with Gasteiger partial charge in [-0.25, -0.2) is 0 Å². The molecule has 0 spiro atoms. The molecule has 0 aromatic heterocycles. The number of hydrogen-bond acceptors (Lipinski definition) is 3. The molecule has 4 nitrogen and oxygen atoms in total. The highest BCUT2D eigenvalue weighted by molar-refractivity contribution is 9.10. The highest BCUT2D eigenvalue weighted by Crippen LogP contribution is 2.25. The lowest BCUT2D eigenvalue weighted by Crippen LogP contribution is -2.37. The number of aliphatic hydroxyl groups excluding tert-OH is 1. The summed E-state index contributed by atoms with van der Waals surface area (Å²) in [6, 6.07) is 5.61. The van der Waals surface area contributed by atoms with Crippen LogP contribution in [0.2, 0.25) is 0 Å². The van der Waals surface area contributed by atoms with E-state index in [1.54, 1.807) is 6.92 Å². The molecule has 0 saturated carbocycles. The minimum Gasteiger partial charge on any atom is -0.483 e. The third kappa shape index (κ3) is 6.07. The topological polar surface area (TPSA) is 58.6 Å². The second kappa shape index (κ2) is 7.50. The van der Waals surface area contributed by atoms with E-state index in [1.807, 2.05) is 32.0 Å². The molecule has 1 aromatic carbocycles. The van der Waals surface area contributed by atoms with Crippen LogP contribution in [0.3, 0.4) is 0 Å². The van der Waals surface area contributed by atoms with Crippen LogP contribution in [0.1, 0.15) is 25.8 Å². The maximum atomic E-state index is 11.7. The molecule has 106 valence electrons. The number of halogens is 1. The fraction of sp³-hybridized carbons (Fsp3) is 0.500. The Morgan fingerprint density at radius 1 is 1.47 bits per heavy atom. The van der Waals surface area contributed by atoms with Gasteiger partial charge in [0, 0.05) is 6.04 Å². The SMILES string of the molecule is Cc1ccc(OCC(=O)NC(C)CC(C)O)c(Br)c1. The van der Waals surface area contributed by atoms with Gasteiger partial charge < -0.3 is 15.2 Å². The number of amides is 1. The first kappa shape index (κ1) is 16.0. The molecule has 2 unspecified atom stereocenters. The molecule has 2 N–H and O–H groups in total. The Morgan fingerprint density at radius 3 is 2.74 bits per heavy atom. The van der Waals surface area contributed by atoms with Crippen molar-refractivity contribution < 1.29 is 14.6 Å². The molecule has 0 aliphatic carbocycles. The molecule has 1 aromatic rings. The number of carbonyl (C=O) groups excluding carboxylic acids is 1. The lowest BCUT2D eigenvalue weighted by Gasteiger charge is -2.16. The number of benzene rings is 1. The summed E-state index contributed by atoms with van der Waals surface area (Å²) in [5, 5.41) is 12.0. The minimum absolute atomic E-state index is 0.0359. The van der Waals surface area contributed by atoms with Gasteiger partial charge in [-0.3, -0.25) is 4.79 Å². The lowest BCUT2D eigenvalue weighted by atomic mass is 10.1. The van der Waals surface area contributed by atoms with E-state index in [-0.39, 0.29) is 18.6 Å². The fourth-order valence-corrected chi connectivity index (χ4v) is 2.36. The summed E-state index contributed by atoms with van der Waals surface area (Å²) in [5.74, 6) is 0.449. The van der Waals surface area contributed by atoms with E-state index >= 15 is 0 Å². The van der Waals surface area contributed by atoms with Crippen LogP contribution in [0.25, 0.3) is 0 Å². The number of rotatable bonds is 6. The Balaban J connectivity index is 2.41. The highest BCUT2D eigenvalue weighted by atomic mass is 79.9. The summed E-state index contributed by atoms with van der Waals surface area (Å²) < 4.78 is 6.27. The molecule has 0 aliphatic rings. The number of carbonyl (C=O) groups is 1. The summed E-state index contributed by atoms with van der Waals surface area (Å²) in [6.45, 7) is 5.50. The van der Waals surface area contributed by atoms with Crippen LogP contribution in [0.5, 0.6) is 5.75 Å². The van der Waals surface area contributed by atoms with Gasteiger partial charge in [0.25, 0.3) is 5.91 Å². The smallest absolute Gasteiger partial charge is 0.258 e. The van der Waals surface area contributed by atoms with Crippen LogP contribution in [0.15, 0.2) is 22.7 Å². The third-order valence-electron chi connectivity index (χ3n) is 2.55. The number of nitrogens with one attached hydrogen (secondary N) is 1. The van der Waals surface area contributed by atoms with Gasteiger partial charge in [-0.05, 0) is 60.8 Å². The van der Waals surface area contributed by atoms with E-state index in [9.17, 15) is 9.90 Å². The van der Waals surface area contributed by atoms with Crippen molar-refractivity contribution in [3.8, 4) is 5.75 Å². The van der Waals surface area contributed by atoms with Gasteiger partial charge in [0.1, 0.15) is 5.75 Å². The van der Waals surface area contributed by atoms with Gasteiger partial charge in [-0.2, -0.15) is 0 Å². The molecule has 5 heteroatoms. The molecule has 0 bridgehead atoms. The zero-order chi connectivity index (χ0) is 14.4. The van der Waals surface area contributed by atoms with Crippen molar-refractivity contribution in [3.63, 3.8) is 0 Å². The van der Waals surface area contributed by atoms with Crippen molar-refractivity contribution in [1.29, 1.82) is 0 Å². The molecule has 0 aliphatic heterocycles. The summed E-state index contributed by atoms with van der Waals surface area (Å²) in [5.41, 5.74) is 1.12. The molecule has 1 rings (SSSR count). The van der Waals surface area contributed by atoms with Crippen molar-refractivity contribution in [2.24, 2.45) is 0 Å². The van der Waals surface area contributed by atoms with Crippen molar-refractivity contribution in [2.45, 2.75) is 39.3 Å². The van der Waals surface area contributed by atoms with Crippen molar-refractivity contribution in [1.82, 2.24) is 5.32 Å². The first-order valence-corrected chi connectivity index (χ1v) is 7.04. The largest absolute Gasteiger partial charge is 0.483 e. The van der Waals surface area contributed by atoms with E-state index in [4.69, 9.17) is 4.74 Å². The van der Waals surface area contributed by atoms with E-state index in [0.29, 0.717) is 12.2 Å².